The highest BCUT2D eigenvalue weighted by atomic mass is 127. The molecule has 2 aromatic rings. The van der Waals surface area contributed by atoms with Crippen molar-refractivity contribution in [3.8, 4) is 0 Å². The van der Waals surface area contributed by atoms with Gasteiger partial charge >= 0.3 is 0 Å². The molecular weight excluding hydrogens is 427 g/mol. The summed E-state index contributed by atoms with van der Waals surface area (Å²) in [6.07, 6.45) is 0. The fraction of sp³-hybridized carbons (Fsp3) is 0.231. The van der Waals surface area contributed by atoms with Gasteiger partial charge in [0.25, 0.3) is 10.0 Å². The van der Waals surface area contributed by atoms with Crippen LogP contribution in [0.3, 0.4) is 0 Å². The standard InChI is InChI=1S/C13H14ClIN2O3S/c1-17(2)21(18,19)13-6-4-10(20-13)8-16-12-5-3-9(15)7-11(12)14/h3-7,16H,8H2,1-2H3. The van der Waals surface area contributed by atoms with Crippen LogP contribution in [0, 0.1) is 3.57 Å². The van der Waals surface area contributed by atoms with Gasteiger partial charge in [-0.15, -0.1) is 0 Å². The lowest BCUT2D eigenvalue weighted by Gasteiger charge is -2.09. The van der Waals surface area contributed by atoms with Crippen LogP contribution in [0.1, 0.15) is 5.76 Å². The zero-order chi connectivity index (χ0) is 15.6. The molecule has 0 saturated heterocycles. The summed E-state index contributed by atoms with van der Waals surface area (Å²) in [4.78, 5) is 0. The molecule has 0 bridgehead atoms. The van der Waals surface area contributed by atoms with E-state index in [9.17, 15) is 8.42 Å². The monoisotopic (exact) mass is 440 g/mol. The third-order valence-electron chi connectivity index (χ3n) is 2.76. The Morgan fingerprint density at radius 2 is 2.00 bits per heavy atom. The Labute approximate surface area is 142 Å². The zero-order valence-corrected chi connectivity index (χ0v) is 15.2. The molecule has 21 heavy (non-hydrogen) atoms. The second-order valence-corrected chi connectivity index (χ2v) is 8.22. The third kappa shape index (κ3) is 3.91. The van der Waals surface area contributed by atoms with Crippen LogP contribution in [0.5, 0.6) is 0 Å². The summed E-state index contributed by atoms with van der Waals surface area (Å²) in [6.45, 7) is 0.350. The number of sulfonamides is 1. The Bertz CT molecular complexity index is 744. The fourth-order valence-corrected chi connectivity index (χ4v) is 3.32. The molecule has 1 aromatic carbocycles. The van der Waals surface area contributed by atoms with E-state index in [1.807, 2.05) is 18.2 Å². The number of nitrogens with one attached hydrogen (secondary N) is 1. The van der Waals surface area contributed by atoms with Crippen molar-refractivity contribution < 1.29 is 12.8 Å². The van der Waals surface area contributed by atoms with E-state index >= 15 is 0 Å². The second kappa shape index (κ2) is 6.55. The highest BCUT2D eigenvalue weighted by molar-refractivity contribution is 14.1. The smallest absolute Gasteiger partial charge is 0.275 e. The summed E-state index contributed by atoms with van der Waals surface area (Å²) >= 11 is 8.29. The highest BCUT2D eigenvalue weighted by Gasteiger charge is 2.21. The normalized spacial score (nSPS) is 11.9. The maximum absolute atomic E-state index is 11.9. The maximum atomic E-state index is 11.9. The lowest BCUT2D eigenvalue weighted by atomic mass is 10.3. The van der Waals surface area contributed by atoms with E-state index in [2.05, 4.69) is 27.9 Å². The number of benzene rings is 1. The zero-order valence-electron chi connectivity index (χ0n) is 11.4. The molecule has 0 amide bonds. The van der Waals surface area contributed by atoms with Crippen molar-refractivity contribution in [2.75, 3.05) is 19.4 Å². The third-order valence-corrected chi connectivity index (χ3v) is 5.43. The predicted molar refractivity (Wildman–Crippen MR) is 91.1 cm³/mol. The maximum Gasteiger partial charge on any atom is 0.275 e. The van der Waals surface area contributed by atoms with Crippen LogP contribution in [0.2, 0.25) is 5.02 Å². The number of nitrogens with zero attached hydrogens (tertiary/aromatic N) is 1. The summed E-state index contributed by atoms with van der Waals surface area (Å²) < 4.78 is 31.3. The Kier molecular flexibility index (Phi) is 5.18. The molecule has 0 fully saturated rings. The minimum atomic E-state index is -3.54. The van der Waals surface area contributed by atoms with Gasteiger partial charge in [-0.1, -0.05) is 11.6 Å². The van der Waals surface area contributed by atoms with E-state index in [1.54, 1.807) is 6.07 Å². The molecule has 1 N–H and O–H groups in total. The van der Waals surface area contributed by atoms with Gasteiger partial charge < -0.3 is 9.73 Å². The molecule has 0 saturated carbocycles. The summed E-state index contributed by atoms with van der Waals surface area (Å²) in [6, 6.07) is 8.71. The predicted octanol–water partition coefficient (Wildman–Crippen LogP) is 3.40. The van der Waals surface area contributed by atoms with Crippen LogP contribution < -0.4 is 5.32 Å². The van der Waals surface area contributed by atoms with Gasteiger partial charge in [-0.25, -0.2) is 12.7 Å². The molecule has 2 rings (SSSR count). The Morgan fingerprint density at radius 1 is 1.29 bits per heavy atom. The number of hydrogen-bond donors (Lipinski definition) is 1. The average Bonchev–Trinajstić information content (AvgIpc) is 2.87. The van der Waals surface area contributed by atoms with Crippen molar-refractivity contribution in [2.45, 2.75) is 11.6 Å². The van der Waals surface area contributed by atoms with Crippen molar-refractivity contribution in [1.29, 1.82) is 0 Å². The first-order valence-electron chi connectivity index (χ1n) is 6.01. The molecule has 114 valence electrons. The van der Waals surface area contributed by atoms with E-state index in [4.69, 9.17) is 16.0 Å². The molecule has 0 aliphatic carbocycles. The molecular formula is C13H14ClIN2O3S. The molecule has 0 atom stereocenters. The number of anilines is 1. The van der Waals surface area contributed by atoms with Gasteiger partial charge in [0, 0.05) is 17.7 Å². The second-order valence-electron chi connectivity index (χ2n) is 4.49. The lowest BCUT2D eigenvalue weighted by Crippen LogP contribution is -2.21. The van der Waals surface area contributed by atoms with Crippen molar-refractivity contribution in [2.24, 2.45) is 0 Å². The van der Waals surface area contributed by atoms with E-state index in [1.165, 1.54) is 20.2 Å². The van der Waals surface area contributed by atoms with Gasteiger partial charge in [0.05, 0.1) is 17.3 Å². The quantitative estimate of drug-likeness (QED) is 0.724. The van der Waals surface area contributed by atoms with E-state index in [0.717, 1.165) is 13.6 Å². The largest absolute Gasteiger partial charge is 0.446 e. The Balaban J connectivity index is 2.10. The van der Waals surface area contributed by atoms with Gasteiger partial charge in [0.2, 0.25) is 5.09 Å². The SMILES string of the molecule is CN(C)S(=O)(=O)c1ccc(CNc2ccc(I)cc2Cl)o1. The van der Waals surface area contributed by atoms with Gasteiger partial charge in [0.1, 0.15) is 5.76 Å². The number of hydrogen-bond acceptors (Lipinski definition) is 4. The molecule has 0 spiro atoms. The van der Waals surface area contributed by atoms with Gasteiger partial charge in [-0.05, 0) is 52.9 Å². The lowest BCUT2D eigenvalue weighted by molar-refractivity contribution is 0.402. The molecule has 0 aliphatic rings. The fourth-order valence-electron chi connectivity index (χ4n) is 1.59. The Hall–Kier alpha value is -0.770. The first-order chi connectivity index (χ1) is 9.80. The van der Waals surface area contributed by atoms with Crippen LogP contribution in [0.25, 0.3) is 0 Å². The summed E-state index contributed by atoms with van der Waals surface area (Å²) in [7, 11) is -0.622. The number of rotatable bonds is 5. The summed E-state index contributed by atoms with van der Waals surface area (Å²) in [5.74, 6) is 0.519. The van der Waals surface area contributed by atoms with Crippen LogP contribution in [-0.2, 0) is 16.6 Å². The first kappa shape index (κ1) is 16.6. The van der Waals surface area contributed by atoms with Crippen LogP contribution in [0.4, 0.5) is 5.69 Å². The van der Waals surface area contributed by atoms with Gasteiger partial charge in [-0.2, -0.15) is 0 Å². The number of furan rings is 1. The summed E-state index contributed by atoms with van der Waals surface area (Å²) in [5.41, 5.74) is 0.769. The number of halogens is 2. The van der Waals surface area contributed by atoms with Crippen LogP contribution in [-0.4, -0.2) is 26.8 Å². The average molecular weight is 441 g/mol. The Morgan fingerprint density at radius 3 is 2.62 bits per heavy atom. The molecule has 5 nitrogen and oxygen atoms in total. The molecule has 1 aromatic heterocycles. The molecule has 1 heterocycles. The molecule has 8 heteroatoms. The topological polar surface area (TPSA) is 62.6 Å². The van der Waals surface area contributed by atoms with Gasteiger partial charge in [0.15, 0.2) is 0 Å². The first-order valence-corrected chi connectivity index (χ1v) is 8.90. The van der Waals surface area contributed by atoms with Crippen molar-refractivity contribution in [3.05, 3.63) is 44.7 Å². The van der Waals surface area contributed by atoms with Crippen molar-refractivity contribution in [1.82, 2.24) is 4.31 Å². The molecule has 0 radical (unpaired) electrons. The van der Waals surface area contributed by atoms with E-state index in [-0.39, 0.29) is 5.09 Å². The van der Waals surface area contributed by atoms with Crippen LogP contribution >= 0.6 is 34.2 Å². The van der Waals surface area contributed by atoms with E-state index < -0.39 is 10.0 Å². The van der Waals surface area contributed by atoms with Crippen LogP contribution in [0.15, 0.2) is 39.8 Å². The summed E-state index contributed by atoms with van der Waals surface area (Å²) in [5, 5.41) is 3.65. The molecule has 0 aliphatic heterocycles. The van der Waals surface area contributed by atoms with Crippen molar-refractivity contribution >= 4 is 49.9 Å². The highest BCUT2D eigenvalue weighted by Crippen LogP contribution is 2.25. The van der Waals surface area contributed by atoms with Gasteiger partial charge in [-0.3, -0.25) is 0 Å². The molecule has 0 unspecified atom stereocenters. The minimum absolute atomic E-state index is 0.0713. The van der Waals surface area contributed by atoms with E-state index in [0.29, 0.717) is 17.3 Å². The van der Waals surface area contributed by atoms with Crippen molar-refractivity contribution in [3.63, 3.8) is 0 Å². The minimum Gasteiger partial charge on any atom is -0.446 e.